The van der Waals surface area contributed by atoms with E-state index in [1.54, 1.807) is 26.0 Å². The van der Waals surface area contributed by atoms with Gasteiger partial charge in [-0.2, -0.15) is 0 Å². The van der Waals surface area contributed by atoms with Crippen LogP contribution in [0.2, 0.25) is 0 Å². The molecule has 0 bridgehead atoms. The highest BCUT2D eigenvalue weighted by molar-refractivity contribution is 6.40. The molecule has 0 unspecified atom stereocenters. The number of aromatic carboxylic acids is 2. The number of carbonyl (C=O) groups is 6. The van der Waals surface area contributed by atoms with Crippen LogP contribution in [0.15, 0.2) is 84.9 Å². The maximum atomic E-state index is 14.2. The maximum absolute atomic E-state index is 14.2. The van der Waals surface area contributed by atoms with Gasteiger partial charge >= 0.3 is 11.9 Å². The molecule has 2 heterocycles. The summed E-state index contributed by atoms with van der Waals surface area (Å²) in [5, 5.41) is 21.2. The molecule has 0 spiro atoms. The molecular weight excluding hydrogens is 660 g/mol. The smallest absolute Gasteiger partial charge is 0.336 e. The normalized spacial score (nSPS) is 13.8. The molecule has 10 nitrogen and oxygen atoms in total. The molecule has 0 aromatic heterocycles. The number of carboxylic acid groups (broad SMARTS) is 2. The number of carboxylic acids is 2. The summed E-state index contributed by atoms with van der Waals surface area (Å²) in [7, 11) is 0. The first-order chi connectivity index (χ1) is 24.8. The van der Waals surface area contributed by atoms with Crippen molar-refractivity contribution in [1.29, 1.82) is 0 Å². The number of hydrogen-bond acceptors (Lipinski definition) is 6. The molecule has 0 fully saturated rings. The molecular formula is C42H28N2O8. The predicted octanol–water partition coefficient (Wildman–Crippen LogP) is 7.89. The molecule has 2 aliphatic heterocycles. The molecule has 0 saturated carbocycles. The summed E-state index contributed by atoms with van der Waals surface area (Å²) >= 11 is 0. The van der Waals surface area contributed by atoms with E-state index in [2.05, 4.69) is 0 Å². The highest BCUT2D eigenvalue weighted by Gasteiger charge is 2.39. The summed E-state index contributed by atoms with van der Waals surface area (Å²) in [6.45, 7) is 7.25. The lowest BCUT2D eigenvalue weighted by atomic mass is 9.82. The van der Waals surface area contributed by atoms with Crippen molar-refractivity contribution in [3.8, 4) is 11.1 Å². The van der Waals surface area contributed by atoms with E-state index in [-0.39, 0.29) is 66.1 Å². The minimum Gasteiger partial charge on any atom is -0.478 e. The first-order valence-corrected chi connectivity index (χ1v) is 16.4. The van der Waals surface area contributed by atoms with Crippen molar-refractivity contribution in [3.63, 3.8) is 0 Å². The second-order valence-electron chi connectivity index (χ2n) is 13.2. The van der Waals surface area contributed by atoms with Crippen LogP contribution in [0.25, 0.3) is 32.7 Å². The second-order valence-corrected chi connectivity index (χ2v) is 13.2. The van der Waals surface area contributed by atoms with Crippen LogP contribution in [0.1, 0.15) is 84.4 Å². The van der Waals surface area contributed by atoms with E-state index in [9.17, 15) is 39.0 Å². The summed E-state index contributed by atoms with van der Waals surface area (Å²) in [6, 6.07) is 22.2. The van der Waals surface area contributed by atoms with Gasteiger partial charge in [-0.3, -0.25) is 19.2 Å². The van der Waals surface area contributed by atoms with Crippen LogP contribution in [0.4, 0.5) is 11.4 Å². The van der Waals surface area contributed by atoms with Gasteiger partial charge < -0.3 is 10.2 Å². The number of rotatable bonds is 5. The summed E-state index contributed by atoms with van der Waals surface area (Å²) in [4.78, 5) is 84.4. The van der Waals surface area contributed by atoms with Crippen LogP contribution < -0.4 is 9.80 Å². The van der Waals surface area contributed by atoms with E-state index in [1.807, 2.05) is 38.1 Å². The Morgan fingerprint density at radius 3 is 1.06 bits per heavy atom. The van der Waals surface area contributed by atoms with Gasteiger partial charge in [0.2, 0.25) is 0 Å². The van der Waals surface area contributed by atoms with Crippen molar-refractivity contribution in [2.45, 2.75) is 27.7 Å². The Hall–Kier alpha value is -6.94. The summed E-state index contributed by atoms with van der Waals surface area (Å²) in [5.74, 6) is -5.24. The van der Waals surface area contributed by atoms with Gasteiger partial charge in [-0.15, -0.1) is 0 Å². The monoisotopic (exact) mass is 688 g/mol. The molecule has 0 aliphatic carbocycles. The highest BCUT2D eigenvalue weighted by Crippen LogP contribution is 2.45. The number of nitrogens with zero attached hydrogens (tertiary/aromatic N) is 2. The predicted molar refractivity (Wildman–Crippen MR) is 195 cm³/mol. The summed E-state index contributed by atoms with van der Waals surface area (Å²) in [5.41, 5.74) is 4.19. The molecule has 254 valence electrons. The van der Waals surface area contributed by atoms with E-state index in [1.165, 1.54) is 48.5 Å². The fourth-order valence-corrected chi connectivity index (χ4v) is 7.53. The van der Waals surface area contributed by atoms with Gasteiger partial charge in [0.15, 0.2) is 0 Å². The van der Waals surface area contributed by atoms with Gasteiger partial charge in [-0.05, 0) is 110 Å². The van der Waals surface area contributed by atoms with Gasteiger partial charge in [0.1, 0.15) is 0 Å². The first-order valence-electron chi connectivity index (χ1n) is 16.4. The van der Waals surface area contributed by atoms with Gasteiger partial charge in [0.25, 0.3) is 23.6 Å². The molecule has 52 heavy (non-hydrogen) atoms. The lowest BCUT2D eigenvalue weighted by molar-refractivity contribution is 0.0688. The quantitative estimate of drug-likeness (QED) is 0.174. The molecule has 6 aromatic carbocycles. The Balaban J connectivity index is 1.42. The van der Waals surface area contributed by atoms with Crippen molar-refractivity contribution in [3.05, 3.63) is 141 Å². The topological polar surface area (TPSA) is 149 Å². The fraction of sp³-hybridized carbons (Fsp3) is 0.0952. The largest absolute Gasteiger partial charge is 0.478 e. The molecule has 0 atom stereocenters. The van der Waals surface area contributed by atoms with E-state index in [4.69, 9.17) is 0 Å². The Morgan fingerprint density at radius 1 is 0.423 bits per heavy atom. The molecule has 0 saturated heterocycles. The first kappa shape index (κ1) is 32.3. The summed E-state index contributed by atoms with van der Waals surface area (Å²) in [6.07, 6.45) is 0. The zero-order valence-electron chi connectivity index (χ0n) is 28.3. The zero-order valence-corrected chi connectivity index (χ0v) is 28.3. The molecule has 6 aromatic rings. The number of imide groups is 2. The third kappa shape index (κ3) is 4.43. The number of benzene rings is 6. The number of carbonyl (C=O) groups excluding carboxylic acids is 4. The van der Waals surface area contributed by atoms with E-state index < -0.39 is 35.6 Å². The van der Waals surface area contributed by atoms with Crippen LogP contribution >= 0.6 is 0 Å². The van der Waals surface area contributed by atoms with Crippen molar-refractivity contribution in [2.75, 3.05) is 9.80 Å². The Bertz CT molecular complexity index is 2490. The number of aryl methyl sites for hydroxylation is 4. The van der Waals surface area contributed by atoms with Gasteiger partial charge in [0.05, 0.1) is 22.5 Å². The van der Waals surface area contributed by atoms with E-state index >= 15 is 0 Å². The molecule has 0 radical (unpaired) electrons. The van der Waals surface area contributed by atoms with Gasteiger partial charge in [-0.25, -0.2) is 19.4 Å². The minimum atomic E-state index is -1.34. The second kappa shape index (κ2) is 11.3. The Morgan fingerprint density at radius 2 is 0.731 bits per heavy atom. The van der Waals surface area contributed by atoms with Crippen LogP contribution in [0, 0.1) is 27.7 Å². The maximum Gasteiger partial charge on any atom is 0.336 e. The number of anilines is 2. The van der Waals surface area contributed by atoms with E-state index in [0.717, 1.165) is 20.9 Å². The van der Waals surface area contributed by atoms with Gasteiger partial charge in [-0.1, -0.05) is 36.4 Å². The lowest BCUT2D eigenvalue weighted by Gasteiger charge is -2.30. The molecule has 4 amide bonds. The van der Waals surface area contributed by atoms with Gasteiger partial charge in [0, 0.05) is 43.8 Å². The lowest BCUT2D eigenvalue weighted by Crippen LogP contribution is -2.41. The zero-order chi connectivity index (χ0) is 36.9. The molecule has 2 N–H and O–H groups in total. The van der Waals surface area contributed by atoms with Crippen LogP contribution in [-0.2, 0) is 0 Å². The average Bonchev–Trinajstić information content (AvgIpc) is 3.11. The SMILES string of the molecule is Cc1ccc(C)c(N2C(=O)c3ccc(C(=O)O)c4c(-c5ccc6c7c(ccc(C(=O)O)c57)C(=O)N(c5cc(C)ccc5C)C6=O)ccc(c34)C2=O)c1. The fourth-order valence-electron chi connectivity index (χ4n) is 7.53. The standard InChI is InChI=1S/C42H28N2O8/c1-19-5-7-21(3)31(17-19)43-37(45)25-11-9-23(33-29(41(49)50)15-13-27(35(25)33)39(43)47)24-10-12-26-36-28(14-16-30(34(24)36)42(51)52)40(48)44(38(26)46)32-18-20(2)6-8-22(32)4/h5-18H,1-4H3,(H,49,50)(H,51,52). The van der Waals surface area contributed by atoms with Crippen molar-refractivity contribution >= 4 is 68.5 Å². The molecule has 10 heteroatoms. The van der Waals surface area contributed by atoms with Crippen LogP contribution in [-0.4, -0.2) is 45.8 Å². The highest BCUT2D eigenvalue weighted by atomic mass is 16.4. The van der Waals surface area contributed by atoms with Crippen molar-refractivity contribution in [2.24, 2.45) is 0 Å². The number of hydrogen-bond donors (Lipinski definition) is 2. The average molecular weight is 689 g/mol. The Labute approximate surface area is 296 Å². The minimum absolute atomic E-state index is 0.0485. The molecule has 2 aliphatic rings. The third-order valence-corrected chi connectivity index (χ3v) is 10.0. The van der Waals surface area contributed by atoms with Crippen LogP contribution in [0.3, 0.4) is 0 Å². The Kier molecular flexibility index (Phi) is 7.01. The van der Waals surface area contributed by atoms with Crippen LogP contribution in [0.5, 0.6) is 0 Å². The number of amides is 4. The van der Waals surface area contributed by atoms with E-state index in [0.29, 0.717) is 22.5 Å². The molecule has 8 rings (SSSR count). The van der Waals surface area contributed by atoms with Crippen molar-refractivity contribution < 1.29 is 39.0 Å². The van der Waals surface area contributed by atoms with Crippen molar-refractivity contribution in [1.82, 2.24) is 0 Å². The summed E-state index contributed by atoms with van der Waals surface area (Å²) < 4.78 is 0. The third-order valence-electron chi connectivity index (χ3n) is 10.0.